The van der Waals surface area contributed by atoms with Crippen molar-refractivity contribution in [2.75, 3.05) is 5.32 Å². The quantitative estimate of drug-likeness (QED) is 0.631. The molecule has 0 aliphatic rings. The molecule has 9 heteroatoms. The summed E-state index contributed by atoms with van der Waals surface area (Å²) in [6.45, 7) is 1.82. The molecule has 3 rings (SSSR count). The maximum atomic E-state index is 13.0. The predicted octanol–water partition coefficient (Wildman–Crippen LogP) is 5.47. The molecule has 0 unspecified atom stereocenters. The third-order valence-electron chi connectivity index (χ3n) is 3.73. The van der Waals surface area contributed by atoms with Gasteiger partial charge in [0.15, 0.2) is 0 Å². The van der Waals surface area contributed by atoms with Crippen LogP contribution in [0.4, 0.5) is 18.9 Å². The van der Waals surface area contributed by atoms with Gasteiger partial charge in [-0.2, -0.15) is 13.2 Å². The van der Waals surface area contributed by atoms with Crippen LogP contribution in [0, 0.1) is 0 Å². The summed E-state index contributed by atoms with van der Waals surface area (Å²) in [7, 11) is 0. The van der Waals surface area contributed by atoms with Gasteiger partial charge < -0.3 is 5.32 Å². The molecule has 0 radical (unpaired) electrons. The standard InChI is InChI=1S/C17H12Cl2F3N3O/c1-2-13-15(25-8-9(18)3-6-14(25)24-13)16(26)23-10-4-5-12(19)11(7-10)17(20,21)22/h3-8H,2H2,1H3,(H,23,26). The number of aryl methyl sites for hydroxylation is 1. The van der Waals surface area contributed by atoms with Crippen molar-refractivity contribution in [3.8, 4) is 0 Å². The number of hydrogen-bond acceptors (Lipinski definition) is 2. The Morgan fingerprint density at radius 2 is 1.96 bits per heavy atom. The molecule has 0 saturated heterocycles. The highest BCUT2D eigenvalue weighted by Gasteiger charge is 2.33. The second kappa shape index (κ2) is 6.81. The molecule has 3 aromatic rings. The van der Waals surface area contributed by atoms with Gasteiger partial charge in [-0.1, -0.05) is 30.1 Å². The fraction of sp³-hybridized carbons (Fsp3) is 0.176. The van der Waals surface area contributed by atoms with Crippen LogP contribution in [0.2, 0.25) is 10.0 Å². The average molecular weight is 402 g/mol. The van der Waals surface area contributed by atoms with Gasteiger partial charge in [0.2, 0.25) is 0 Å². The van der Waals surface area contributed by atoms with E-state index in [1.165, 1.54) is 16.7 Å². The van der Waals surface area contributed by atoms with Crippen LogP contribution in [0.5, 0.6) is 0 Å². The summed E-state index contributed by atoms with van der Waals surface area (Å²) < 4.78 is 40.5. The van der Waals surface area contributed by atoms with Crippen LogP contribution in [0.25, 0.3) is 5.65 Å². The highest BCUT2D eigenvalue weighted by molar-refractivity contribution is 6.31. The second-order valence-corrected chi connectivity index (χ2v) is 6.33. The minimum Gasteiger partial charge on any atom is -0.321 e. The van der Waals surface area contributed by atoms with Crippen molar-refractivity contribution in [3.05, 3.63) is 63.5 Å². The molecule has 0 aliphatic carbocycles. The van der Waals surface area contributed by atoms with E-state index >= 15 is 0 Å². The largest absolute Gasteiger partial charge is 0.417 e. The molecule has 0 saturated carbocycles. The number of rotatable bonds is 3. The monoisotopic (exact) mass is 401 g/mol. The third-order valence-corrected chi connectivity index (χ3v) is 4.29. The van der Waals surface area contributed by atoms with Crippen LogP contribution in [0.3, 0.4) is 0 Å². The maximum Gasteiger partial charge on any atom is 0.417 e. The lowest BCUT2D eigenvalue weighted by Gasteiger charge is -2.12. The van der Waals surface area contributed by atoms with Crippen LogP contribution < -0.4 is 5.32 Å². The minimum atomic E-state index is -4.62. The van der Waals surface area contributed by atoms with Crippen molar-refractivity contribution < 1.29 is 18.0 Å². The zero-order valence-corrected chi connectivity index (χ0v) is 14.9. The summed E-state index contributed by atoms with van der Waals surface area (Å²) in [5.41, 5.74) is 0.200. The fourth-order valence-corrected chi connectivity index (χ4v) is 2.95. The molecule has 2 heterocycles. The van der Waals surface area contributed by atoms with Crippen molar-refractivity contribution in [3.63, 3.8) is 0 Å². The van der Waals surface area contributed by atoms with E-state index in [0.717, 1.165) is 12.1 Å². The lowest BCUT2D eigenvalue weighted by atomic mass is 10.2. The first-order valence-corrected chi connectivity index (χ1v) is 8.31. The van der Waals surface area contributed by atoms with Gasteiger partial charge in [-0.15, -0.1) is 0 Å². The Kier molecular flexibility index (Phi) is 4.86. The van der Waals surface area contributed by atoms with Crippen molar-refractivity contribution in [2.45, 2.75) is 19.5 Å². The number of fused-ring (bicyclic) bond motifs is 1. The smallest absolute Gasteiger partial charge is 0.321 e. The van der Waals surface area contributed by atoms with E-state index in [4.69, 9.17) is 23.2 Å². The molecule has 0 bridgehead atoms. The summed E-state index contributed by atoms with van der Waals surface area (Å²) in [5, 5.41) is 2.43. The molecule has 2 aromatic heterocycles. The molecule has 0 fully saturated rings. The van der Waals surface area contributed by atoms with Gasteiger partial charge in [0.1, 0.15) is 11.3 Å². The number of amides is 1. The van der Waals surface area contributed by atoms with Crippen molar-refractivity contribution in [1.29, 1.82) is 0 Å². The van der Waals surface area contributed by atoms with Crippen molar-refractivity contribution >= 4 is 40.4 Å². The average Bonchev–Trinajstić information content (AvgIpc) is 2.93. The minimum absolute atomic E-state index is 0.0224. The maximum absolute atomic E-state index is 13.0. The highest BCUT2D eigenvalue weighted by Crippen LogP contribution is 2.36. The second-order valence-electron chi connectivity index (χ2n) is 5.48. The Hall–Kier alpha value is -2.25. The van der Waals surface area contributed by atoms with Crippen LogP contribution in [-0.4, -0.2) is 15.3 Å². The number of carbonyl (C=O) groups excluding carboxylic acids is 1. The zero-order chi connectivity index (χ0) is 19.1. The molecular weight excluding hydrogens is 390 g/mol. The summed E-state index contributed by atoms with van der Waals surface area (Å²) in [5.74, 6) is -0.591. The number of carbonyl (C=O) groups is 1. The normalized spacial score (nSPS) is 11.8. The molecule has 0 spiro atoms. The lowest BCUT2D eigenvalue weighted by molar-refractivity contribution is -0.137. The SMILES string of the molecule is CCc1nc2ccc(Cl)cn2c1C(=O)Nc1ccc(Cl)c(C(F)(F)F)c1. The number of aromatic nitrogens is 2. The number of alkyl halides is 3. The molecular formula is C17H12Cl2F3N3O. The van der Waals surface area contributed by atoms with Gasteiger partial charge in [0.25, 0.3) is 5.91 Å². The number of pyridine rings is 1. The zero-order valence-electron chi connectivity index (χ0n) is 13.4. The van der Waals surface area contributed by atoms with E-state index in [1.807, 2.05) is 6.92 Å². The van der Waals surface area contributed by atoms with Crippen molar-refractivity contribution in [2.24, 2.45) is 0 Å². The first-order valence-electron chi connectivity index (χ1n) is 7.55. The first-order chi connectivity index (χ1) is 12.2. The molecule has 1 N–H and O–H groups in total. The van der Waals surface area contributed by atoms with Gasteiger partial charge >= 0.3 is 6.18 Å². The van der Waals surface area contributed by atoms with E-state index in [2.05, 4.69) is 10.3 Å². The Labute approximate surface area is 156 Å². The fourth-order valence-electron chi connectivity index (χ4n) is 2.56. The lowest BCUT2D eigenvalue weighted by Crippen LogP contribution is -2.17. The number of imidazole rings is 1. The molecule has 1 amide bonds. The summed E-state index contributed by atoms with van der Waals surface area (Å²) >= 11 is 11.6. The van der Waals surface area contributed by atoms with Crippen molar-refractivity contribution in [1.82, 2.24) is 9.38 Å². The number of nitrogens with zero attached hydrogens (tertiary/aromatic N) is 2. The topological polar surface area (TPSA) is 46.4 Å². The van der Waals surface area contributed by atoms with E-state index in [1.54, 1.807) is 12.1 Å². The van der Waals surface area contributed by atoms with Crippen LogP contribution >= 0.6 is 23.2 Å². The third kappa shape index (κ3) is 3.50. The van der Waals surface area contributed by atoms with E-state index < -0.39 is 22.7 Å². The van der Waals surface area contributed by atoms with Crippen LogP contribution in [-0.2, 0) is 12.6 Å². The highest BCUT2D eigenvalue weighted by atomic mass is 35.5. The first kappa shape index (κ1) is 18.5. The number of benzene rings is 1. The van der Waals surface area contributed by atoms with Crippen LogP contribution in [0.1, 0.15) is 28.7 Å². The Morgan fingerprint density at radius 1 is 1.23 bits per heavy atom. The molecule has 1 aromatic carbocycles. The van der Waals surface area contributed by atoms with Crippen LogP contribution in [0.15, 0.2) is 36.5 Å². The Morgan fingerprint density at radius 3 is 2.62 bits per heavy atom. The van der Waals surface area contributed by atoms with E-state index in [9.17, 15) is 18.0 Å². The molecule has 136 valence electrons. The summed E-state index contributed by atoms with van der Waals surface area (Å²) in [6.07, 6.45) is -2.62. The summed E-state index contributed by atoms with van der Waals surface area (Å²) in [4.78, 5) is 17.0. The Balaban J connectivity index is 2.01. The number of anilines is 1. The molecule has 0 atom stereocenters. The van der Waals surface area contributed by atoms with E-state index in [-0.39, 0.29) is 11.4 Å². The van der Waals surface area contributed by atoms with Gasteiger partial charge in [-0.25, -0.2) is 4.98 Å². The van der Waals surface area contributed by atoms with E-state index in [0.29, 0.717) is 22.8 Å². The number of halogens is 5. The van der Waals surface area contributed by atoms with Gasteiger partial charge in [-0.3, -0.25) is 9.20 Å². The Bertz CT molecular complexity index is 999. The van der Waals surface area contributed by atoms with Gasteiger partial charge in [0.05, 0.1) is 21.3 Å². The molecule has 0 aliphatic heterocycles. The predicted molar refractivity (Wildman–Crippen MR) is 94.0 cm³/mol. The van der Waals surface area contributed by atoms with Gasteiger partial charge in [-0.05, 0) is 36.8 Å². The number of hydrogen-bond donors (Lipinski definition) is 1. The summed E-state index contributed by atoms with van der Waals surface area (Å²) in [6, 6.07) is 6.48. The molecule has 26 heavy (non-hydrogen) atoms. The van der Waals surface area contributed by atoms with Gasteiger partial charge in [0, 0.05) is 11.9 Å². The number of nitrogens with one attached hydrogen (secondary N) is 1. The molecule has 4 nitrogen and oxygen atoms in total.